The standard InChI is InChI=1S/C33H28N8O2/c1-22-8-13-30(41-19-23(2)37-38-41)27(16-22)29-17-31(42)40(21-35-29)33(18-28(33)24-6-4-3-5-7-24)32(43)36-25-9-11-26(12-10-25)39-15-14-34-20-39/h3-17,19-21,28H,18H2,1-2H3,(H,36,43). The predicted molar refractivity (Wildman–Crippen MR) is 162 cm³/mol. The smallest absolute Gasteiger partial charge is 0.254 e. The summed E-state index contributed by atoms with van der Waals surface area (Å²) in [7, 11) is 0. The van der Waals surface area contributed by atoms with Crippen molar-refractivity contribution in [3.63, 3.8) is 0 Å². The van der Waals surface area contributed by atoms with Crippen molar-refractivity contribution in [1.82, 2.24) is 34.1 Å². The van der Waals surface area contributed by atoms with Crippen LogP contribution in [0.2, 0.25) is 0 Å². The van der Waals surface area contributed by atoms with Gasteiger partial charge in [0.1, 0.15) is 5.54 Å². The first-order valence-electron chi connectivity index (χ1n) is 14.0. The van der Waals surface area contributed by atoms with Crippen molar-refractivity contribution < 1.29 is 4.79 Å². The number of rotatable bonds is 7. The highest BCUT2D eigenvalue weighted by atomic mass is 16.2. The number of hydrogen-bond donors (Lipinski definition) is 1. The number of nitrogens with zero attached hydrogens (tertiary/aromatic N) is 7. The predicted octanol–water partition coefficient (Wildman–Crippen LogP) is 4.82. The molecule has 7 rings (SSSR count). The Balaban J connectivity index is 1.25. The summed E-state index contributed by atoms with van der Waals surface area (Å²) in [6, 6.07) is 24.7. The molecule has 1 fully saturated rings. The lowest BCUT2D eigenvalue weighted by atomic mass is 10.0. The van der Waals surface area contributed by atoms with Crippen molar-refractivity contribution in [2.75, 3.05) is 5.32 Å². The van der Waals surface area contributed by atoms with E-state index in [1.807, 2.05) is 104 Å². The molecular formula is C33H28N8O2. The van der Waals surface area contributed by atoms with Gasteiger partial charge in [0.2, 0.25) is 0 Å². The van der Waals surface area contributed by atoms with Crippen LogP contribution in [-0.2, 0) is 10.3 Å². The second-order valence-corrected chi connectivity index (χ2v) is 10.9. The highest BCUT2D eigenvalue weighted by Crippen LogP contribution is 2.57. The lowest BCUT2D eigenvalue weighted by Gasteiger charge is -2.21. The number of anilines is 1. The van der Waals surface area contributed by atoms with E-state index in [9.17, 15) is 9.59 Å². The fourth-order valence-corrected chi connectivity index (χ4v) is 5.69. The van der Waals surface area contributed by atoms with E-state index in [2.05, 4.69) is 20.6 Å². The van der Waals surface area contributed by atoms with Crippen LogP contribution in [0.3, 0.4) is 0 Å². The maximum Gasteiger partial charge on any atom is 0.254 e. The van der Waals surface area contributed by atoms with Crippen LogP contribution in [0.25, 0.3) is 22.6 Å². The fourth-order valence-electron chi connectivity index (χ4n) is 5.69. The first-order chi connectivity index (χ1) is 20.9. The quantitative estimate of drug-likeness (QED) is 0.296. The number of aromatic nitrogens is 7. The number of imidazole rings is 1. The summed E-state index contributed by atoms with van der Waals surface area (Å²) in [5.74, 6) is -0.445. The third-order valence-electron chi connectivity index (χ3n) is 7.98. The monoisotopic (exact) mass is 568 g/mol. The first kappa shape index (κ1) is 26.3. The molecule has 43 heavy (non-hydrogen) atoms. The highest BCUT2D eigenvalue weighted by molar-refractivity contribution is 6.00. The van der Waals surface area contributed by atoms with Crippen molar-refractivity contribution in [3.05, 3.63) is 137 Å². The zero-order chi connectivity index (χ0) is 29.6. The summed E-state index contributed by atoms with van der Waals surface area (Å²) in [6.07, 6.45) is 9.08. The number of aryl methyl sites for hydroxylation is 2. The molecule has 0 saturated heterocycles. The van der Waals surface area contributed by atoms with Gasteiger partial charge in [-0.15, -0.1) is 5.10 Å². The second kappa shape index (κ2) is 10.3. The van der Waals surface area contributed by atoms with E-state index in [0.29, 0.717) is 17.8 Å². The molecule has 3 aromatic heterocycles. The minimum Gasteiger partial charge on any atom is -0.324 e. The number of carbonyl (C=O) groups is 1. The molecule has 2 unspecified atom stereocenters. The molecule has 0 aliphatic heterocycles. The molecule has 212 valence electrons. The molecule has 0 bridgehead atoms. The minimum atomic E-state index is -1.12. The molecular weight excluding hydrogens is 540 g/mol. The number of hydrogen-bond acceptors (Lipinski definition) is 6. The van der Waals surface area contributed by atoms with Gasteiger partial charge in [-0.05, 0) is 62.2 Å². The van der Waals surface area contributed by atoms with Crippen molar-refractivity contribution >= 4 is 11.6 Å². The van der Waals surface area contributed by atoms with Gasteiger partial charge in [-0.2, -0.15) is 0 Å². The maximum atomic E-state index is 14.1. The summed E-state index contributed by atoms with van der Waals surface area (Å²) in [5, 5.41) is 11.4. The number of amides is 1. The molecule has 2 atom stereocenters. The number of nitrogens with one attached hydrogen (secondary N) is 1. The molecule has 1 aliphatic rings. The van der Waals surface area contributed by atoms with Crippen molar-refractivity contribution in [1.29, 1.82) is 0 Å². The molecule has 1 amide bonds. The van der Waals surface area contributed by atoms with Crippen LogP contribution in [0.4, 0.5) is 5.69 Å². The van der Waals surface area contributed by atoms with E-state index in [1.54, 1.807) is 17.2 Å². The van der Waals surface area contributed by atoms with Crippen LogP contribution in [0.1, 0.15) is 29.2 Å². The van der Waals surface area contributed by atoms with Gasteiger partial charge in [-0.3, -0.25) is 14.2 Å². The van der Waals surface area contributed by atoms with Gasteiger partial charge >= 0.3 is 0 Å². The van der Waals surface area contributed by atoms with E-state index in [1.165, 1.54) is 17.0 Å². The van der Waals surface area contributed by atoms with Gasteiger partial charge in [0.15, 0.2) is 0 Å². The molecule has 1 saturated carbocycles. The largest absolute Gasteiger partial charge is 0.324 e. The van der Waals surface area contributed by atoms with E-state index >= 15 is 0 Å². The molecule has 1 N–H and O–H groups in total. The van der Waals surface area contributed by atoms with Crippen molar-refractivity contribution in [3.8, 4) is 22.6 Å². The molecule has 6 aromatic rings. The molecule has 3 aromatic carbocycles. The normalized spacial score (nSPS) is 17.5. The first-order valence-corrected chi connectivity index (χ1v) is 14.0. The molecule has 10 nitrogen and oxygen atoms in total. The second-order valence-electron chi connectivity index (χ2n) is 10.9. The number of carbonyl (C=O) groups excluding carboxylic acids is 1. The van der Waals surface area contributed by atoms with Crippen LogP contribution in [0.15, 0.2) is 115 Å². The van der Waals surface area contributed by atoms with Gasteiger partial charge < -0.3 is 9.88 Å². The molecule has 10 heteroatoms. The average molecular weight is 569 g/mol. The average Bonchev–Trinajstić information content (AvgIpc) is 3.30. The van der Waals surface area contributed by atoms with Crippen LogP contribution in [0.5, 0.6) is 0 Å². The summed E-state index contributed by atoms with van der Waals surface area (Å²) < 4.78 is 5.05. The summed E-state index contributed by atoms with van der Waals surface area (Å²) in [6.45, 7) is 3.85. The van der Waals surface area contributed by atoms with Gasteiger partial charge in [-0.25, -0.2) is 14.6 Å². The van der Waals surface area contributed by atoms with E-state index in [4.69, 9.17) is 4.98 Å². The van der Waals surface area contributed by atoms with Gasteiger partial charge in [0, 0.05) is 41.3 Å². The Morgan fingerprint density at radius 1 is 0.977 bits per heavy atom. The SMILES string of the molecule is Cc1ccc(-n2cc(C)nn2)c(-c2cc(=O)n(C3(C(=O)Nc4ccc(-n5ccnc5)cc4)CC3c3ccccc3)cn2)c1. The topological polar surface area (TPSA) is 113 Å². The van der Waals surface area contributed by atoms with E-state index in [0.717, 1.165) is 33.8 Å². The Morgan fingerprint density at radius 3 is 2.49 bits per heavy atom. The van der Waals surface area contributed by atoms with Crippen LogP contribution in [0, 0.1) is 13.8 Å². The van der Waals surface area contributed by atoms with Crippen molar-refractivity contribution in [2.45, 2.75) is 31.7 Å². The van der Waals surface area contributed by atoms with Crippen LogP contribution >= 0.6 is 0 Å². The Hall–Kier alpha value is -5.64. The maximum absolute atomic E-state index is 14.1. The van der Waals surface area contributed by atoms with E-state index < -0.39 is 5.54 Å². The third kappa shape index (κ3) is 4.72. The Bertz CT molecular complexity index is 2000. The molecule has 3 heterocycles. The van der Waals surface area contributed by atoms with Crippen LogP contribution in [-0.4, -0.2) is 40.0 Å². The van der Waals surface area contributed by atoms with Crippen LogP contribution < -0.4 is 10.9 Å². The summed E-state index contributed by atoms with van der Waals surface area (Å²) >= 11 is 0. The van der Waals surface area contributed by atoms with E-state index in [-0.39, 0.29) is 17.4 Å². The van der Waals surface area contributed by atoms with Crippen molar-refractivity contribution in [2.24, 2.45) is 0 Å². The van der Waals surface area contributed by atoms with Gasteiger partial charge in [0.25, 0.3) is 11.5 Å². The minimum absolute atomic E-state index is 0.183. The molecule has 0 spiro atoms. The zero-order valence-corrected chi connectivity index (χ0v) is 23.6. The van der Waals surface area contributed by atoms with Gasteiger partial charge in [0.05, 0.1) is 35.9 Å². The van der Waals surface area contributed by atoms with Gasteiger partial charge in [-0.1, -0.05) is 47.2 Å². The molecule has 0 radical (unpaired) electrons. The summed E-state index contributed by atoms with van der Waals surface area (Å²) in [4.78, 5) is 36.7. The highest BCUT2D eigenvalue weighted by Gasteiger charge is 2.63. The zero-order valence-electron chi connectivity index (χ0n) is 23.6. The Morgan fingerprint density at radius 2 is 1.79 bits per heavy atom. The Labute approximate surface area is 247 Å². The number of benzene rings is 3. The fraction of sp³-hybridized carbons (Fsp3) is 0.152. The molecule has 1 aliphatic carbocycles. The summed E-state index contributed by atoms with van der Waals surface area (Å²) in [5.41, 5.74) is 4.92. The lowest BCUT2D eigenvalue weighted by Crippen LogP contribution is -2.41. The lowest BCUT2D eigenvalue weighted by molar-refractivity contribution is -0.120. The third-order valence-corrected chi connectivity index (χ3v) is 7.98. The Kier molecular flexibility index (Phi) is 6.31.